The summed E-state index contributed by atoms with van der Waals surface area (Å²) in [5.74, 6) is -0.747. The van der Waals surface area contributed by atoms with E-state index in [1.807, 2.05) is 12.1 Å². The maximum absolute atomic E-state index is 14.2. The van der Waals surface area contributed by atoms with Crippen LogP contribution < -0.4 is 9.47 Å². The van der Waals surface area contributed by atoms with Crippen molar-refractivity contribution >= 4 is 5.97 Å². The summed E-state index contributed by atoms with van der Waals surface area (Å²) in [7, 11) is 0. The van der Waals surface area contributed by atoms with Crippen LogP contribution in [0.4, 0.5) is 8.78 Å². The van der Waals surface area contributed by atoms with Crippen LogP contribution in [0.2, 0.25) is 0 Å². The first kappa shape index (κ1) is 18.4. The molecule has 3 rings (SSSR count). The molecule has 0 N–H and O–H groups in total. The molecule has 5 heteroatoms. The van der Waals surface area contributed by atoms with Crippen LogP contribution in [0.3, 0.4) is 0 Å². The molecule has 3 nitrogen and oxygen atoms in total. The number of hydrogen-bond donors (Lipinski definition) is 0. The van der Waals surface area contributed by atoms with Gasteiger partial charge < -0.3 is 9.47 Å². The minimum Gasteiger partial charge on any atom is -0.486 e. The largest absolute Gasteiger partial charge is 0.486 e. The minimum atomic E-state index is -0.598. The first-order valence-electron chi connectivity index (χ1n) is 8.96. The van der Waals surface area contributed by atoms with Crippen molar-refractivity contribution in [2.24, 2.45) is 0 Å². The third-order valence-electron chi connectivity index (χ3n) is 4.55. The van der Waals surface area contributed by atoms with E-state index >= 15 is 0 Å². The molecule has 1 fully saturated rings. The smallest absolute Gasteiger partial charge is 0.310 e. The lowest BCUT2D eigenvalue weighted by atomic mass is 10.0. The summed E-state index contributed by atoms with van der Waals surface area (Å²) in [6.07, 6.45) is 2.79. The van der Waals surface area contributed by atoms with Crippen molar-refractivity contribution in [1.82, 2.24) is 0 Å². The van der Waals surface area contributed by atoms with E-state index in [4.69, 9.17) is 9.47 Å². The Kier molecular flexibility index (Phi) is 5.55. The summed E-state index contributed by atoms with van der Waals surface area (Å²) >= 11 is 0. The van der Waals surface area contributed by atoms with Crippen molar-refractivity contribution in [3.8, 4) is 11.5 Å². The molecule has 0 aliphatic heterocycles. The number of carbonyl (C=O) groups is 1. The molecule has 0 spiro atoms. The van der Waals surface area contributed by atoms with E-state index < -0.39 is 11.6 Å². The van der Waals surface area contributed by atoms with Crippen molar-refractivity contribution in [2.75, 3.05) is 0 Å². The predicted octanol–water partition coefficient (Wildman–Crippen LogP) is 5.30. The topological polar surface area (TPSA) is 35.5 Å². The molecular formula is C21H22F2O3. The Hall–Kier alpha value is -2.43. The fourth-order valence-electron chi connectivity index (χ4n) is 2.91. The van der Waals surface area contributed by atoms with Gasteiger partial charge in [-0.05, 0) is 48.4 Å². The molecule has 0 saturated heterocycles. The van der Waals surface area contributed by atoms with Gasteiger partial charge in [0.1, 0.15) is 18.2 Å². The monoisotopic (exact) mass is 360 g/mol. The minimum absolute atomic E-state index is 0.0147. The first-order valence-corrected chi connectivity index (χ1v) is 8.96. The van der Waals surface area contributed by atoms with Crippen molar-refractivity contribution in [1.29, 1.82) is 0 Å². The van der Waals surface area contributed by atoms with Gasteiger partial charge in [0, 0.05) is 18.1 Å². The quantitative estimate of drug-likeness (QED) is 0.496. The Balaban J connectivity index is 1.87. The Morgan fingerprint density at radius 3 is 2.54 bits per heavy atom. The van der Waals surface area contributed by atoms with Gasteiger partial charge in [-0.25, -0.2) is 8.78 Å². The number of rotatable bonds is 7. The van der Waals surface area contributed by atoms with Gasteiger partial charge in [0.15, 0.2) is 11.6 Å². The molecule has 1 saturated carbocycles. The fraction of sp³-hybridized carbons (Fsp3) is 0.381. The van der Waals surface area contributed by atoms with Gasteiger partial charge in [-0.2, -0.15) is 0 Å². The zero-order valence-corrected chi connectivity index (χ0v) is 15.0. The molecule has 1 aliphatic rings. The van der Waals surface area contributed by atoms with Gasteiger partial charge in [-0.3, -0.25) is 4.79 Å². The van der Waals surface area contributed by atoms with Crippen LogP contribution in [-0.2, 0) is 17.8 Å². The van der Waals surface area contributed by atoms with Crippen molar-refractivity contribution < 1.29 is 23.0 Å². The lowest BCUT2D eigenvalue weighted by molar-refractivity contribution is -0.134. The van der Waals surface area contributed by atoms with Crippen molar-refractivity contribution in [2.45, 2.75) is 52.1 Å². The number of halogens is 2. The molecule has 0 atom stereocenters. The number of benzene rings is 2. The molecule has 26 heavy (non-hydrogen) atoms. The number of ether oxygens (including phenoxy) is 2. The second-order valence-corrected chi connectivity index (χ2v) is 6.44. The van der Waals surface area contributed by atoms with Gasteiger partial charge in [0.05, 0.1) is 0 Å². The fourth-order valence-corrected chi connectivity index (χ4v) is 2.91. The number of hydrogen-bond acceptors (Lipinski definition) is 3. The van der Waals surface area contributed by atoms with Crippen LogP contribution in [0.1, 0.15) is 55.7 Å². The SMILES string of the molecule is CCC(=O)Oc1cccc(C2CC2)c1COc1cc(F)c(CC)cc1F. The normalized spacial score (nSPS) is 13.5. The number of aryl methyl sites for hydroxylation is 1. The van der Waals surface area contributed by atoms with Gasteiger partial charge in [0.25, 0.3) is 0 Å². The molecule has 2 aromatic rings. The van der Waals surface area contributed by atoms with Crippen LogP contribution in [0.25, 0.3) is 0 Å². The molecule has 0 bridgehead atoms. The molecule has 138 valence electrons. The molecule has 0 unspecified atom stereocenters. The Morgan fingerprint density at radius 1 is 1.12 bits per heavy atom. The van der Waals surface area contributed by atoms with Crippen LogP contribution in [0.15, 0.2) is 30.3 Å². The summed E-state index contributed by atoms with van der Waals surface area (Å²) in [4.78, 5) is 11.7. The molecule has 0 amide bonds. The van der Waals surface area contributed by atoms with Gasteiger partial charge in [-0.15, -0.1) is 0 Å². The Labute approximate surface area is 151 Å². The maximum Gasteiger partial charge on any atom is 0.310 e. The van der Waals surface area contributed by atoms with Crippen LogP contribution in [0.5, 0.6) is 11.5 Å². The van der Waals surface area contributed by atoms with E-state index in [0.717, 1.165) is 36.1 Å². The summed E-state index contributed by atoms with van der Waals surface area (Å²) in [5, 5.41) is 0. The summed E-state index contributed by atoms with van der Waals surface area (Å²) in [6.45, 7) is 3.50. The van der Waals surface area contributed by atoms with Crippen molar-refractivity contribution in [3.63, 3.8) is 0 Å². The lowest BCUT2D eigenvalue weighted by Crippen LogP contribution is -2.10. The van der Waals surface area contributed by atoms with Gasteiger partial charge >= 0.3 is 5.97 Å². The zero-order valence-electron chi connectivity index (χ0n) is 15.0. The van der Waals surface area contributed by atoms with Crippen LogP contribution in [0, 0.1) is 11.6 Å². The highest BCUT2D eigenvalue weighted by Gasteiger charge is 2.28. The average molecular weight is 360 g/mol. The zero-order chi connectivity index (χ0) is 18.7. The first-order chi connectivity index (χ1) is 12.5. The third kappa shape index (κ3) is 4.03. The molecule has 2 aromatic carbocycles. The molecule has 0 aromatic heterocycles. The lowest BCUT2D eigenvalue weighted by Gasteiger charge is -2.16. The van der Waals surface area contributed by atoms with E-state index in [9.17, 15) is 13.6 Å². The highest BCUT2D eigenvalue weighted by Crippen LogP contribution is 2.44. The maximum atomic E-state index is 14.2. The standard InChI is InChI=1S/C21H22F2O3/c1-3-13-10-18(23)20(11-17(13)22)25-12-16-15(14-8-9-14)6-5-7-19(16)26-21(24)4-2/h5-7,10-11,14H,3-4,8-9,12H2,1-2H3. The summed E-state index contributed by atoms with van der Waals surface area (Å²) in [5.41, 5.74) is 2.07. The highest BCUT2D eigenvalue weighted by atomic mass is 19.1. The second kappa shape index (κ2) is 7.85. The molecule has 1 aliphatic carbocycles. The van der Waals surface area contributed by atoms with E-state index in [-0.39, 0.29) is 24.7 Å². The second-order valence-electron chi connectivity index (χ2n) is 6.44. The highest BCUT2D eigenvalue weighted by molar-refractivity contribution is 5.72. The molecule has 0 radical (unpaired) electrons. The summed E-state index contributed by atoms with van der Waals surface area (Å²) in [6, 6.07) is 7.75. The Morgan fingerprint density at radius 2 is 1.88 bits per heavy atom. The van der Waals surface area contributed by atoms with Gasteiger partial charge in [0.2, 0.25) is 0 Å². The van der Waals surface area contributed by atoms with Crippen LogP contribution >= 0.6 is 0 Å². The van der Waals surface area contributed by atoms with E-state index in [0.29, 0.717) is 23.7 Å². The Bertz CT molecular complexity index is 813. The molecule has 0 heterocycles. The number of esters is 1. The van der Waals surface area contributed by atoms with Gasteiger partial charge in [-0.1, -0.05) is 26.0 Å². The van der Waals surface area contributed by atoms with Crippen LogP contribution in [-0.4, -0.2) is 5.97 Å². The van der Waals surface area contributed by atoms with E-state index in [2.05, 4.69) is 0 Å². The molecular weight excluding hydrogens is 338 g/mol. The average Bonchev–Trinajstić information content (AvgIpc) is 3.47. The predicted molar refractivity (Wildman–Crippen MR) is 94.4 cm³/mol. The summed E-state index contributed by atoms with van der Waals surface area (Å²) < 4.78 is 39.1. The van der Waals surface area contributed by atoms with E-state index in [1.165, 1.54) is 0 Å². The van der Waals surface area contributed by atoms with E-state index in [1.54, 1.807) is 19.9 Å². The third-order valence-corrected chi connectivity index (χ3v) is 4.55. The van der Waals surface area contributed by atoms with Crippen molar-refractivity contribution in [3.05, 3.63) is 58.7 Å². The number of carbonyl (C=O) groups excluding carboxylic acids is 1.